The monoisotopic (exact) mass is 295 g/mol. The van der Waals surface area contributed by atoms with Gasteiger partial charge < -0.3 is 9.55 Å². The highest BCUT2D eigenvalue weighted by molar-refractivity contribution is 7.71. The molecule has 0 saturated carbocycles. The zero-order chi connectivity index (χ0) is 12.7. The van der Waals surface area contributed by atoms with E-state index in [2.05, 4.69) is 9.97 Å². The summed E-state index contributed by atoms with van der Waals surface area (Å²) in [5, 5.41) is 1.73. The summed E-state index contributed by atoms with van der Waals surface area (Å²) in [7, 11) is 0. The van der Waals surface area contributed by atoms with Gasteiger partial charge in [-0.05, 0) is 31.3 Å². The van der Waals surface area contributed by atoms with Crippen LogP contribution in [0.3, 0.4) is 0 Å². The molecule has 2 heterocycles. The second kappa shape index (κ2) is 4.50. The van der Waals surface area contributed by atoms with Crippen molar-refractivity contribution in [3.05, 3.63) is 44.1 Å². The van der Waals surface area contributed by atoms with Crippen molar-refractivity contribution < 1.29 is 0 Å². The highest BCUT2D eigenvalue weighted by Crippen LogP contribution is 2.24. The highest BCUT2D eigenvalue weighted by atomic mass is 35.5. The molecule has 0 aliphatic rings. The van der Waals surface area contributed by atoms with Gasteiger partial charge >= 0.3 is 0 Å². The largest absolute Gasteiger partial charge is 0.329 e. The molecule has 6 heteroatoms. The van der Waals surface area contributed by atoms with Crippen molar-refractivity contribution in [2.45, 2.75) is 13.5 Å². The van der Waals surface area contributed by atoms with Crippen LogP contribution >= 0.6 is 35.2 Å². The molecule has 3 rings (SSSR count). The fourth-order valence-electron chi connectivity index (χ4n) is 1.91. The Balaban J connectivity index is 2.14. The maximum atomic E-state index is 6.15. The Kier molecular flexibility index (Phi) is 2.97. The molecule has 0 aliphatic carbocycles. The zero-order valence-corrected chi connectivity index (χ0v) is 12.0. The molecule has 0 fully saturated rings. The molecule has 0 amide bonds. The van der Waals surface area contributed by atoms with E-state index in [-0.39, 0.29) is 0 Å². The van der Waals surface area contributed by atoms with Gasteiger partial charge in [0.15, 0.2) is 4.77 Å². The van der Waals surface area contributed by atoms with Crippen LogP contribution in [0.2, 0.25) is 5.02 Å². The zero-order valence-electron chi connectivity index (χ0n) is 9.61. The predicted molar refractivity (Wildman–Crippen MR) is 78.1 cm³/mol. The normalized spacial score (nSPS) is 11.2. The Hall–Kier alpha value is -1.17. The Morgan fingerprint density at radius 1 is 1.50 bits per heavy atom. The van der Waals surface area contributed by atoms with Gasteiger partial charge in [-0.25, -0.2) is 4.98 Å². The van der Waals surface area contributed by atoms with Crippen LogP contribution in [0.5, 0.6) is 0 Å². The van der Waals surface area contributed by atoms with Crippen molar-refractivity contribution in [2.75, 3.05) is 0 Å². The number of halogens is 1. The van der Waals surface area contributed by atoms with Crippen LogP contribution in [0.15, 0.2) is 24.4 Å². The van der Waals surface area contributed by atoms with Gasteiger partial charge in [-0.3, -0.25) is 0 Å². The first-order chi connectivity index (χ1) is 8.65. The number of aromatic nitrogens is 3. The minimum atomic E-state index is 0.672. The number of benzene rings is 1. The minimum Gasteiger partial charge on any atom is -0.329 e. The summed E-state index contributed by atoms with van der Waals surface area (Å²) in [4.78, 5) is 8.71. The van der Waals surface area contributed by atoms with E-state index in [1.807, 2.05) is 35.9 Å². The third kappa shape index (κ3) is 1.98. The van der Waals surface area contributed by atoms with Crippen LogP contribution in [0, 0.1) is 11.7 Å². The lowest BCUT2D eigenvalue weighted by atomic mass is 10.3. The van der Waals surface area contributed by atoms with Crippen molar-refractivity contribution in [3.8, 4) is 0 Å². The lowest BCUT2D eigenvalue weighted by molar-refractivity contribution is 0.803. The molecule has 92 valence electrons. The summed E-state index contributed by atoms with van der Waals surface area (Å²) in [5.41, 5.74) is 1.90. The van der Waals surface area contributed by atoms with Crippen LogP contribution in [0.4, 0.5) is 0 Å². The quantitative estimate of drug-likeness (QED) is 0.720. The molecule has 2 aromatic heterocycles. The predicted octanol–water partition coefficient (Wildman–Crippen LogP) is 4.17. The molecule has 0 bridgehead atoms. The van der Waals surface area contributed by atoms with Crippen molar-refractivity contribution in [1.82, 2.24) is 14.5 Å². The maximum absolute atomic E-state index is 6.15. The SMILES string of the molecule is Cc1cnc(Cn2c(=S)[nH]c3c(Cl)cccc32)s1. The number of nitrogens with zero attached hydrogens (tertiary/aromatic N) is 2. The number of hydrogen-bond acceptors (Lipinski definition) is 3. The molecule has 0 aliphatic heterocycles. The summed E-state index contributed by atoms with van der Waals surface area (Å²) in [6, 6.07) is 5.79. The van der Waals surface area contributed by atoms with Crippen molar-refractivity contribution in [2.24, 2.45) is 0 Å². The maximum Gasteiger partial charge on any atom is 0.178 e. The first-order valence-electron chi connectivity index (χ1n) is 5.43. The second-order valence-electron chi connectivity index (χ2n) is 4.01. The van der Waals surface area contributed by atoms with Crippen molar-refractivity contribution >= 4 is 46.2 Å². The van der Waals surface area contributed by atoms with Gasteiger partial charge in [-0.15, -0.1) is 11.3 Å². The summed E-state index contributed by atoms with van der Waals surface area (Å²) in [6.45, 7) is 2.73. The molecule has 1 N–H and O–H groups in total. The summed E-state index contributed by atoms with van der Waals surface area (Å²) < 4.78 is 2.69. The second-order valence-corrected chi connectivity index (χ2v) is 6.13. The van der Waals surface area contributed by atoms with Crippen LogP contribution in [0.25, 0.3) is 11.0 Å². The number of imidazole rings is 1. The van der Waals surface area contributed by atoms with E-state index in [4.69, 9.17) is 23.8 Å². The van der Waals surface area contributed by atoms with Crippen LogP contribution in [-0.4, -0.2) is 14.5 Å². The molecular formula is C12H10ClN3S2. The number of thiazole rings is 1. The number of aromatic amines is 1. The molecule has 3 aromatic rings. The van der Waals surface area contributed by atoms with E-state index in [0.717, 1.165) is 16.0 Å². The third-order valence-electron chi connectivity index (χ3n) is 2.72. The Morgan fingerprint density at radius 2 is 2.33 bits per heavy atom. The van der Waals surface area contributed by atoms with Crippen molar-refractivity contribution in [3.63, 3.8) is 0 Å². The average Bonchev–Trinajstić information content (AvgIpc) is 2.87. The number of para-hydroxylation sites is 1. The molecular weight excluding hydrogens is 286 g/mol. The van der Waals surface area contributed by atoms with Gasteiger partial charge in [0.05, 0.1) is 22.6 Å². The van der Waals surface area contributed by atoms with E-state index < -0.39 is 0 Å². The standard InChI is InChI=1S/C12H10ClN3S2/c1-7-5-14-10(18-7)6-16-9-4-2-3-8(13)11(9)15-12(16)17/h2-5H,6H2,1H3,(H,15,17). The summed E-state index contributed by atoms with van der Waals surface area (Å²) >= 11 is 13.2. The number of nitrogens with one attached hydrogen (secondary N) is 1. The lowest BCUT2D eigenvalue weighted by Crippen LogP contribution is -1.98. The molecule has 0 unspecified atom stereocenters. The van der Waals surface area contributed by atoms with E-state index in [9.17, 15) is 0 Å². The first kappa shape index (κ1) is 11.9. The number of fused-ring (bicyclic) bond motifs is 1. The van der Waals surface area contributed by atoms with E-state index >= 15 is 0 Å². The van der Waals surface area contributed by atoms with E-state index in [1.54, 1.807) is 11.3 Å². The molecule has 0 radical (unpaired) electrons. The summed E-state index contributed by atoms with van der Waals surface area (Å²) in [5.74, 6) is 0. The number of hydrogen-bond donors (Lipinski definition) is 1. The topological polar surface area (TPSA) is 33.6 Å². The smallest absolute Gasteiger partial charge is 0.178 e. The lowest BCUT2D eigenvalue weighted by Gasteiger charge is -2.01. The van der Waals surface area contributed by atoms with Gasteiger partial charge in [0.1, 0.15) is 5.01 Å². The van der Waals surface area contributed by atoms with Crippen LogP contribution < -0.4 is 0 Å². The van der Waals surface area contributed by atoms with Crippen molar-refractivity contribution in [1.29, 1.82) is 0 Å². The first-order valence-corrected chi connectivity index (χ1v) is 7.04. The average molecular weight is 296 g/mol. The van der Waals surface area contributed by atoms with Gasteiger partial charge in [-0.2, -0.15) is 0 Å². The van der Waals surface area contributed by atoms with Gasteiger partial charge in [-0.1, -0.05) is 17.7 Å². The molecule has 3 nitrogen and oxygen atoms in total. The van der Waals surface area contributed by atoms with Gasteiger partial charge in [0.2, 0.25) is 0 Å². The Bertz CT molecular complexity index is 769. The number of H-pyrrole nitrogens is 1. The molecule has 1 aromatic carbocycles. The van der Waals surface area contributed by atoms with E-state index in [0.29, 0.717) is 16.3 Å². The highest BCUT2D eigenvalue weighted by Gasteiger charge is 2.09. The molecule has 0 saturated heterocycles. The Morgan fingerprint density at radius 3 is 3.06 bits per heavy atom. The van der Waals surface area contributed by atoms with Crippen LogP contribution in [-0.2, 0) is 6.54 Å². The van der Waals surface area contributed by atoms with E-state index in [1.165, 1.54) is 4.88 Å². The fraction of sp³-hybridized carbons (Fsp3) is 0.167. The number of rotatable bonds is 2. The fourth-order valence-corrected chi connectivity index (χ4v) is 3.17. The third-order valence-corrected chi connectivity index (χ3v) is 4.26. The Labute approximate surface area is 118 Å². The molecule has 0 spiro atoms. The van der Waals surface area contributed by atoms with Gasteiger partial charge in [0, 0.05) is 11.1 Å². The number of aryl methyl sites for hydroxylation is 1. The van der Waals surface area contributed by atoms with Crippen LogP contribution in [0.1, 0.15) is 9.88 Å². The van der Waals surface area contributed by atoms with Gasteiger partial charge in [0.25, 0.3) is 0 Å². The molecule has 18 heavy (non-hydrogen) atoms. The summed E-state index contributed by atoms with van der Waals surface area (Å²) in [6.07, 6.45) is 1.88. The molecule has 0 atom stereocenters. The minimum absolute atomic E-state index is 0.672.